The maximum absolute atomic E-state index is 12.0. The van der Waals surface area contributed by atoms with Gasteiger partial charge in [-0.1, -0.05) is 0 Å². The number of amides is 2. The molecule has 0 aliphatic carbocycles. The summed E-state index contributed by atoms with van der Waals surface area (Å²) in [5, 5.41) is 2.96. The standard InChI is InChI=1S/C12H20N2O3/c1-8(10-4-3-5-17-10)13-12(16)9-6-11(15)14(2)7-9/h8-10H,3-7H2,1-2H3,(H,13,16). The minimum absolute atomic E-state index is 0.0225. The second-order valence-electron chi connectivity index (χ2n) is 5.02. The van der Waals surface area contributed by atoms with Gasteiger partial charge in [-0.25, -0.2) is 0 Å². The van der Waals surface area contributed by atoms with Gasteiger partial charge in [-0.15, -0.1) is 0 Å². The smallest absolute Gasteiger partial charge is 0.225 e. The molecule has 2 fully saturated rings. The second-order valence-corrected chi connectivity index (χ2v) is 5.02. The molecule has 5 heteroatoms. The van der Waals surface area contributed by atoms with E-state index in [0.717, 1.165) is 19.4 Å². The van der Waals surface area contributed by atoms with Crippen LogP contribution in [0.15, 0.2) is 0 Å². The van der Waals surface area contributed by atoms with Gasteiger partial charge in [0.2, 0.25) is 11.8 Å². The van der Waals surface area contributed by atoms with Crippen molar-refractivity contribution in [1.29, 1.82) is 0 Å². The first-order valence-electron chi connectivity index (χ1n) is 6.24. The van der Waals surface area contributed by atoms with Gasteiger partial charge >= 0.3 is 0 Å². The Hall–Kier alpha value is -1.10. The van der Waals surface area contributed by atoms with Crippen molar-refractivity contribution in [2.24, 2.45) is 5.92 Å². The lowest BCUT2D eigenvalue weighted by molar-refractivity contribution is -0.128. The minimum atomic E-state index is -0.198. The molecule has 2 rings (SSSR count). The Morgan fingerprint density at radius 3 is 2.88 bits per heavy atom. The van der Waals surface area contributed by atoms with Crippen LogP contribution in [-0.2, 0) is 14.3 Å². The molecule has 2 aliphatic rings. The fourth-order valence-corrected chi connectivity index (χ4v) is 2.47. The summed E-state index contributed by atoms with van der Waals surface area (Å²) in [6.07, 6.45) is 2.54. The Kier molecular flexibility index (Phi) is 3.66. The van der Waals surface area contributed by atoms with E-state index in [1.54, 1.807) is 11.9 Å². The quantitative estimate of drug-likeness (QED) is 0.764. The van der Waals surface area contributed by atoms with Crippen molar-refractivity contribution >= 4 is 11.8 Å². The van der Waals surface area contributed by atoms with E-state index in [0.29, 0.717) is 13.0 Å². The summed E-state index contributed by atoms with van der Waals surface area (Å²) in [6.45, 7) is 3.28. The molecule has 2 aliphatic heterocycles. The Morgan fingerprint density at radius 1 is 1.59 bits per heavy atom. The molecule has 17 heavy (non-hydrogen) atoms. The zero-order valence-electron chi connectivity index (χ0n) is 10.4. The zero-order valence-corrected chi connectivity index (χ0v) is 10.4. The molecule has 0 spiro atoms. The maximum Gasteiger partial charge on any atom is 0.225 e. The number of ether oxygens (including phenoxy) is 1. The average Bonchev–Trinajstić information content (AvgIpc) is 2.89. The topological polar surface area (TPSA) is 58.6 Å². The first kappa shape index (κ1) is 12.4. The number of rotatable bonds is 3. The number of hydrogen-bond donors (Lipinski definition) is 1. The van der Waals surface area contributed by atoms with Gasteiger partial charge in [-0.05, 0) is 19.8 Å². The fraction of sp³-hybridized carbons (Fsp3) is 0.833. The van der Waals surface area contributed by atoms with Crippen molar-refractivity contribution in [2.75, 3.05) is 20.2 Å². The van der Waals surface area contributed by atoms with E-state index in [4.69, 9.17) is 4.74 Å². The summed E-state index contributed by atoms with van der Waals surface area (Å²) in [7, 11) is 1.74. The number of nitrogens with zero attached hydrogens (tertiary/aromatic N) is 1. The van der Waals surface area contributed by atoms with Crippen molar-refractivity contribution in [3.63, 3.8) is 0 Å². The van der Waals surface area contributed by atoms with Crippen molar-refractivity contribution in [2.45, 2.75) is 38.3 Å². The molecule has 0 aromatic rings. The van der Waals surface area contributed by atoms with Gasteiger partial charge < -0.3 is 15.0 Å². The number of hydrogen-bond acceptors (Lipinski definition) is 3. The summed E-state index contributed by atoms with van der Waals surface area (Å²) in [5.41, 5.74) is 0. The summed E-state index contributed by atoms with van der Waals surface area (Å²) in [5.74, 6) is -0.169. The Labute approximate surface area is 101 Å². The first-order chi connectivity index (χ1) is 8.08. The Bertz CT molecular complexity index is 313. The van der Waals surface area contributed by atoms with E-state index in [9.17, 15) is 9.59 Å². The summed E-state index contributed by atoms with van der Waals surface area (Å²) in [4.78, 5) is 24.9. The van der Waals surface area contributed by atoms with Crippen molar-refractivity contribution in [3.05, 3.63) is 0 Å². The van der Waals surface area contributed by atoms with Crippen LogP contribution in [0.25, 0.3) is 0 Å². The van der Waals surface area contributed by atoms with Crippen LogP contribution in [0.5, 0.6) is 0 Å². The van der Waals surface area contributed by atoms with Crippen LogP contribution < -0.4 is 5.32 Å². The molecule has 2 heterocycles. The lowest BCUT2D eigenvalue weighted by Gasteiger charge is -2.21. The van der Waals surface area contributed by atoms with Gasteiger partial charge in [0.05, 0.1) is 18.1 Å². The highest BCUT2D eigenvalue weighted by molar-refractivity contribution is 5.89. The lowest BCUT2D eigenvalue weighted by atomic mass is 10.1. The number of carbonyl (C=O) groups is 2. The first-order valence-corrected chi connectivity index (χ1v) is 6.24. The molecule has 96 valence electrons. The maximum atomic E-state index is 12.0. The summed E-state index contributed by atoms with van der Waals surface area (Å²) < 4.78 is 5.53. The lowest BCUT2D eigenvalue weighted by Crippen LogP contribution is -2.44. The highest BCUT2D eigenvalue weighted by Crippen LogP contribution is 2.18. The van der Waals surface area contributed by atoms with Crippen molar-refractivity contribution < 1.29 is 14.3 Å². The van der Waals surface area contributed by atoms with Gasteiger partial charge in [0.25, 0.3) is 0 Å². The third kappa shape index (κ3) is 2.77. The zero-order chi connectivity index (χ0) is 12.4. The Morgan fingerprint density at radius 2 is 2.35 bits per heavy atom. The monoisotopic (exact) mass is 240 g/mol. The summed E-state index contributed by atoms with van der Waals surface area (Å²) >= 11 is 0. The molecule has 3 atom stereocenters. The van der Waals surface area contributed by atoms with Crippen LogP contribution in [0.1, 0.15) is 26.2 Å². The molecule has 3 unspecified atom stereocenters. The van der Waals surface area contributed by atoms with Gasteiger partial charge in [-0.3, -0.25) is 9.59 Å². The van der Waals surface area contributed by atoms with Crippen LogP contribution in [0.3, 0.4) is 0 Å². The highest BCUT2D eigenvalue weighted by Gasteiger charge is 2.33. The van der Waals surface area contributed by atoms with Crippen LogP contribution in [0.4, 0.5) is 0 Å². The molecule has 0 aromatic carbocycles. The van der Waals surface area contributed by atoms with Crippen LogP contribution in [-0.4, -0.2) is 49.1 Å². The van der Waals surface area contributed by atoms with E-state index < -0.39 is 0 Å². The molecule has 0 saturated carbocycles. The van der Waals surface area contributed by atoms with E-state index in [1.165, 1.54) is 0 Å². The normalized spacial score (nSPS) is 30.7. The molecule has 0 radical (unpaired) electrons. The second kappa shape index (κ2) is 5.04. The largest absolute Gasteiger partial charge is 0.376 e. The number of nitrogens with one attached hydrogen (secondary N) is 1. The van der Waals surface area contributed by atoms with Crippen LogP contribution >= 0.6 is 0 Å². The Balaban J connectivity index is 1.82. The summed E-state index contributed by atoms with van der Waals surface area (Å²) in [6, 6.07) is 0.0333. The van der Waals surface area contributed by atoms with E-state index in [-0.39, 0.29) is 29.9 Å². The molecule has 2 amide bonds. The van der Waals surface area contributed by atoms with Crippen LogP contribution in [0, 0.1) is 5.92 Å². The number of carbonyl (C=O) groups excluding carboxylic acids is 2. The molecule has 5 nitrogen and oxygen atoms in total. The molecule has 0 aromatic heterocycles. The van der Waals surface area contributed by atoms with Crippen molar-refractivity contribution in [3.8, 4) is 0 Å². The number of likely N-dealkylation sites (tertiary alicyclic amines) is 1. The third-order valence-electron chi connectivity index (χ3n) is 3.60. The van der Waals surface area contributed by atoms with Gasteiger partial charge in [-0.2, -0.15) is 0 Å². The molecule has 0 bridgehead atoms. The molecular weight excluding hydrogens is 220 g/mol. The molecule has 2 saturated heterocycles. The highest BCUT2D eigenvalue weighted by atomic mass is 16.5. The SMILES string of the molecule is CC(NC(=O)C1CC(=O)N(C)C1)C1CCCO1. The molecule has 1 N–H and O–H groups in total. The molecular formula is C12H20N2O3. The van der Waals surface area contributed by atoms with Gasteiger partial charge in [0.1, 0.15) is 0 Å². The predicted octanol–water partition coefficient (Wildman–Crippen LogP) is 0.148. The predicted molar refractivity (Wildman–Crippen MR) is 62.3 cm³/mol. The van der Waals surface area contributed by atoms with Gasteiger partial charge in [0, 0.05) is 26.6 Å². The van der Waals surface area contributed by atoms with E-state index in [2.05, 4.69) is 5.32 Å². The van der Waals surface area contributed by atoms with E-state index >= 15 is 0 Å². The third-order valence-corrected chi connectivity index (χ3v) is 3.60. The minimum Gasteiger partial charge on any atom is -0.376 e. The van der Waals surface area contributed by atoms with Gasteiger partial charge in [0.15, 0.2) is 0 Å². The average molecular weight is 240 g/mol. The van der Waals surface area contributed by atoms with Crippen LogP contribution in [0.2, 0.25) is 0 Å². The van der Waals surface area contributed by atoms with E-state index in [1.807, 2.05) is 6.92 Å². The van der Waals surface area contributed by atoms with Crippen molar-refractivity contribution in [1.82, 2.24) is 10.2 Å². The fourth-order valence-electron chi connectivity index (χ4n) is 2.47.